The predicted molar refractivity (Wildman–Crippen MR) is 92.7 cm³/mol. The van der Waals surface area contributed by atoms with E-state index in [0.29, 0.717) is 17.9 Å². The van der Waals surface area contributed by atoms with Crippen LogP contribution in [0.3, 0.4) is 0 Å². The zero-order valence-electron chi connectivity index (χ0n) is 13.6. The summed E-state index contributed by atoms with van der Waals surface area (Å²) in [4.78, 5) is 24.0. The molecule has 0 aliphatic heterocycles. The molecule has 1 amide bonds. The van der Waals surface area contributed by atoms with Crippen molar-refractivity contribution in [3.8, 4) is 5.75 Å². The summed E-state index contributed by atoms with van der Waals surface area (Å²) in [5.41, 5.74) is 1.13. The van der Waals surface area contributed by atoms with Crippen LogP contribution in [0.4, 0.5) is 5.69 Å². The SMILES string of the molecule is CCCCOc1ccc(C(=O)Nc2ccccc2C(=O)CO)cc1. The highest BCUT2D eigenvalue weighted by Gasteiger charge is 2.13. The summed E-state index contributed by atoms with van der Waals surface area (Å²) in [6, 6.07) is 13.4. The largest absolute Gasteiger partial charge is 0.494 e. The highest BCUT2D eigenvalue weighted by molar-refractivity contribution is 6.09. The summed E-state index contributed by atoms with van der Waals surface area (Å²) < 4.78 is 5.56. The average molecular weight is 327 g/mol. The number of ketones is 1. The minimum atomic E-state index is -0.601. The Kier molecular flexibility index (Phi) is 6.51. The normalized spacial score (nSPS) is 10.2. The molecule has 0 saturated heterocycles. The third-order valence-corrected chi connectivity index (χ3v) is 3.50. The molecule has 0 aliphatic carbocycles. The molecule has 0 heterocycles. The van der Waals surface area contributed by atoms with Crippen LogP contribution in [0.2, 0.25) is 0 Å². The monoisotopic (exact) mass is 327 g/mol. The lowest BCUT2D eigenvalue weighted by atomic mass is 10.1. The molecule has 2 rings (SSSR count). The quantitative estimate of drug-likeness (QED) is 0.576. The van der Waals surface area contributed by atoms with Crippen LogP contribution in [0.1, 0.15) is 40.5 Å². The van der Waals surface area contributed by atoms with E-state index in [9.17, 15) is 9.59 Å². The Morgan fingerprint density at radius 1 is 1.08 bits per heavy atom. The number of rotatable bonds is 8. The molecule has 0 unspecified atom stereocenters. The van der Waals surface area contributed by atoms with Gasteiger partial charge in [0.25, 0.3) is 5.91 Å². The third-order valence-electron chi connectivity index (χ3n) is 3.50. The fourth-order valence-corrected chi connectivity index (χ4v) is 2.15. The number of amides is 1. The molecule has 0 atom stereocenters. The molecule has 0 fully saturated rings. The summed E-state index contributed by atoms with van der Waals surface area (Å²) >= 11 is 0. The number of aliphatic hydroxyl groups is 1. The maximum atomic E-state index is 12.3. The Morgan fingerprint density at radius 3 is 2.46 bits per heavy atom. The van der Waals surface area contributed by atoms with E-state index in [4.69, 9.17) is 9.84 Å². The Morgan fingerprint density at radius 2 is 1.79 bits per heavy atom. The molecule has 2 N–H and O–H groups in total. The lowest BCUT2D eigenvalue weighted by Crippen LogP contribution is -2.16. The molecule has 0 saturated carbocycles. The smallest absolute Gasteiger partial charge is 0.255 e. The van der Waals surface area contributed by atoms with Crippen molar-refractivity contribution in [1.29, 1.82) is 0 Å². The van der Waals surface area contributed by atoms with Gasteiger partial charge in [-0.05, 0) is 42.8 Å². The van der Waals surface area contributed by atoms with Crippen LogP contribution in [0.25, 0.3) is 0 Å². The van der Waals surface area contributed by atoms with Crippen LogP contribution >= 0.6 is 0 Å². The highest BCUT2D eigenvalue weighted by Crippen LogP contribution is 2.18. The molecule has 24 heavy (non-hydrogen) atoms. The van der Waals surface area contributed by atoms with Crippen LogP contribution in [0.15, 0.2) is 48.5 Å². The number of unbranched alkanes of at least 4 members (excludes halogenated alkanes) is 1. The standard InChI is InChI=1S/C19H21NO4/c1-2-3-12-24-15-10-8-14(9-11-15)19(23)20-17-7-5-4-6-16(17)18(22)13-21/h4-11,21H,2-3,12-13H2,1H3,(H,20,23). The van der Waals surface area contributed by atoms with E-state index >= 15 is 0 Å². The maximum Gasteiger partial charge on any atom is 0.255 e. The minimum Gasteiger partial charge on any atom is -0.494 e. The number of anilines is 1. The Labute approximate surface area is 141 Å². The molecule has 0 aromatic heterocycles. The van der Waals surface area contributed by atoms with Crippen LogP contribution in [0.5, 0.6) is 5.75 Å². The van der Waals surface area contributed by atoms with Gasteiger partial charge in [0.2, 0.25) is 0 Å². The number of carbonyl (C=O) groups excluding carboxylic acids is 2. The number of carbonyl (C=O) groups is 2. The second-order valence-electron chi connectivity index (χ2n) is 5.31. The lowest BCUT2D eigenvalue weighted by molar-refractivity contribution is 0.0904. The fourth-order valence-electron chi connectivity index (χ4n) is 2.15. The van der Waals surface area contributed by atoms with Crippen molar-refractivity contribution >= 4 is 17.4 Å². The molecule has 2 aromatic carbocycles. The molecule has 2 aromatic rings. The van der Waals surface area contributed by atoms with Gasteiger partial charge in [0.15, 0.2) is 5.78 Å². The molecule has 126 valence electrons. The van der Waals surface area contributed by atoms with Crippen LogP contribution < -0.4 is 10.1 Å². The van der Waals surface area contributed by atoms with E-state index < -0.39 is 12.4 Å². The second kappa shape index (κ2) is 8.84. The van der Waals surface area contributed by atoms with Gasteiger partial charge in [-0.1, -0.05) is 25.5 Å². The summed E-state index contributed by atoms with van der Waals surface area (Å²) in [7, 11) is 0. The van der Waals surface area contributed by atoms with Crippen molar-refractivity contribution in [1.82, 2.24) is 0 Å². The van der Waals surface area contributed by atoms with Crippen molar-refractivity contribution < 1.29 is 19.4 Å². The van der Waals surface area contributed by atoms with E-state index in [-0.39, 0.29) is 11.5 Å². The van der Waals surface area contributed by atoms with Gasteiger partial charge < -0.3 is 15.2 Å². The van der Waals surface area contributed by atoms with Crippen molar-refractivity contribution in [3.05, 3.63) is 59.7 Å². The molecule has 0 aliphatic rings. The number of Topliss-reactive ketones (excluding diaryl/α,β-unsaturated/α-hetero) is 1. The molecule has 0 radical (unpaired) electrons. The molecule has 0 spiro atoms. The topological polar surface area (TPSA) is 75.6 Å². The summed E-state index contributed by atoms with van der Waals surface area (Å²) in [6.45, 7) is 2.14. The van der Waals surface area contributed by atoms with Crippen LogP contribution in [-0.4, -0.2) is 30.0 Å². The molecule has 5 heteroatoms. The summed E-state index contributed by atoms with van der Waals surface area (Å²) in [6.07, 6.45) is 2.05. The van der Waals surface area contributed by atoms with Gasteiger partial charge in [0.1, 0.15) is 12.4 Å². The van der Waals surface area contributed by atoms with Gasteiger partial charge in [0.05, 0.1) is 12.3 Å². The number of aliphatic hydroxyl groups excluding tert-OH is 1. The van der Waals surface area contributed by atoms with E-state index in [1.54, 1.807) is 48.5 Å². The number of hydrogen-bond donors (Lipinski definition) is 2. The number of nitrogens with one attached hydrogen (secondary N) is 1. The third kappa shape index (κ3) is 4.67. The average Bonchev–Trinajstić information content (AvgIpc) is 2.62. The van der Waals surface area contributed by atoms with Gasteiger partial charge in [-0.3, -0.25) is 9.59 Å². The first-order chi connectivity index (χ1) is 11.7. The summed E-state index contributed by atoms with van der Waals surface area (Å²) in [5, 5.41) is 11.7. The first-order valence-electron chi connectivity index (χ1n) is 7.93. The van der Waals surface area contributed by atoms with Crippen LogP contribution in [-0.2, 0) is 0 Å². The second-order valence-corrected chi connectivity index (χ2v) is 5.31. The van der Waals surface area contributed by atoms with Crippen molar-refractivity contribution in [3.63, 3.8) is 0 Å². The first-order valence-corrected chi connectivity index (χ1v) is 7.93. The van der Waals surface area contributed by atoms with Gasteiger partial charge in [-0.25, -0.2) is 0 Å². The first kappa shape index (κ1) is 17.7. The van der Waals surface area contributed by atoms with Crippen molar-refractivity contribution in [2.75, 3.05) is 18.5 Å². The van der Waals surface area contributed by atoms with E-state index in [1.807, 2.05) is 0 Å². The molecular weight excluding hydrogens is 306 g/mol. The lowest BCUT2D eigenvalue weighted by Gasteiger charge is -2.10. The predicted octanol–water partition coefficient (Wildman–Crippen LogP) is 3.29. The van der Waals surface area contributed by atoms with Gasteiger partial charge in [-0.15, -0.1) is 0 Å². The van der Waals surface area contributed by atoms with Gasteiger partial charge >= 0.3 is 0 Å². The zero-order chi connectivity index (χ0) is 17.4. The number of benzene rings is 2. The molecular formula is C19H21NO4. The van der Waals surface area contributed by atoms with E-state index in [0.717, 1.165) is 18.6 Å². The summed E-state index contributed by atoms with van der Waals surface area (Å²) in [5.74, 6) is -0.0465. The fraction of sp³-hybridized carbons (Fsp3) is 0.263. The minimum absolute atomic E-state index is 0.285. The Bertz CT molecular complexity index is 695. The number of para-hydroxylation sites is 1. The van der Waals surface area contributed by atoms with E-state index in [1.165, 1.54) is 0 Å². The van der Waals surface area contributed by atoms with Crippen LogP contribution in [0, 0.1) is 0 Å². The number of ether oxygens (including phenoxy) is 1. The Hall–Kier alpha value is -2.66. The highest BCUT2D eigenvalue weighted by atomic mass is 16.5. The van der Waals surface area contributed by atoms with E-state index in [2.05, 4.69) is 12.2 Å². The van der Waals surface area contributed by atoms with Gasteiger partial charge in [0, 0.05) is 11.1 Å². The Balaban J connectivity index is 2.06. The van der Waals surface area contributed by atoms with Gasteiger partial charge in [-0.2, -0.15) is 0 Å². The molecule has 5 nitrogen and oxygen atoms in total. The van der Waals surface area contributed by atoms with Crippen molar-refractivity contribution in [2.45, 2.75) is 19.8 Å². The zero-order valence-corrected chi connectivity index (χ0v) is 13.6. The van der Waals surface area contributed by atoms with Crippen molar-refractivity contribution in [2.24, 2.45) is 0 Å². The maximum absolute atomic E-state index is 12.3. The number of hydrogen-bond acceptors (Lipinski definition) is 4. The molecule has 0 bridgehead atoms.